The lowest BCUT2D eigenvalue weighted by Crippen LogP contribution is -2.33. The summed E-state index contributed by atoms with van der Waals surface area (Å²) in [5.74, 6) is -0.508. The van der Waals surface area contributed by atoms with Gasteiger partial charge in [-0.2, -0.15) is 0 Å². The van der Waals surface area contributed by atoms with E-state index < -0.39 is 0 Å². The third-order valence-corrected chi connectivity index (χ3v) is 6.00. The summed E-state index contributed by atoms with van der Waals surface area (Å²) >= 11 is 0. The smallest absolute Gasteiger partial charge is 0.251 e. The molecule has 32 heavy (non-hydrogen) atoms. The summed E-state index contributed by atoms with van der Waals surface area (Å²) < 4.78 is 0. The Bertz CT molecular complexity index is 1220. The van der Waals surface area contributed by atoms with E-state index in [0.717, 1.165) is 24.2 Å². The molecule has 1 saturated heterocycles. The van der Waals surface area contributed by atoms with Gasteiger partial charge < -0.3 is 15.5 Å². The highest BCUT2D eigenvalue weighted by Crippen LogP contribution is 2.37. The molecule has 0 radical (unpaired) electrons. The number of anilines is 2. The standard InChI is InChI=1S/C26H23N3O3/c30-24(28-20-9-12-23-19(15-20)14-18-4-1-2-5-22(18)23)16-27-26(32)17-7-10-21(11-8-17)29-13-3-6-25(29)31/h1-2,4-5,7-12,15H,3,6,13-14,16H2,(H,27,32)(H,28,30). The summed E-state index contributed by atoms with van der Waals surface area (Å²) in [6.07, 6.45) is 2.27. The molecule has 0 atom stereocenters. The fourth-order valence-electron chi connectivity index (χ4n) is 4.40. The van der Waals surface area contributed by atoms with Gasteiger partial charge in [-0.3, -0.25) is 14.4 Å². The minimum Gasteiger partial charge on any atom is -0.343 e. The van der Waals surface area contributed by atoms with Crippen molar-refractivity contribution >= 4 is 29.1 Å². The van der Waals surface area contributed by atoms with Crippen LogP contribution in [0.4, 0.5) is 11.4 Å². The van der Waals surface area contributed by atoms with E-state index in [0.29, 0.717) is 18.5 Å². The lowest BCUT2D eigenvalue weighted by Gasteiger charge is -2.15. The third kappa shape index (κ3) is 3.87. The maximum atomic E-state index is 12.4. The molecule has 1 aliphatic heterocycles. The van der Waals surface area contributed by atoms with E-state index in [4.69, 9.17) is 0 Å². The minimum absolute atomic E-state index is 0.106. The van der Waals surface area contributed by atoms with Crippen LogP contribution in [0.1, 0.15) is 34.3 Å². The predicted octanol–water partition coefficient (Wildman–Crippen LogP) is 3.75. The molecule has 3 aromatic rings. The number of carbonyl (C=O) groups is 3. The zero-order chi connectivity index (χ0) is 22.1. The van der Waals surface area contributed by atoms with E-state index >= 15 is 0 Å². The lowest BCUT2D eigenvalue weighted by atomic mass is 10.1. The Morgan fingerprint density at radius 3 is 2.47 bits per heavy atom. The molecule has 3 amide bonds. The number of benzene rings is 3. The highest BCUT2D eigenvalue weighted by Gasteiger charge is 2.22. The molecule has 0 bridgehead atoms. The Morgan fingerprint density at radius 1 is 0.906 bits per heavy atom. The third-order valence-electron chi connectivity index (χ3n) is 6.00. The minimum atomic E-state index is -0.330. The van der Waals surface area contributed by atoms with Gasteiger partial charge in [0.1, 0.15) is 0 Å². The molecule has 6 heteroatoms. The van der Waals surface area contributed by atoms with E-state index in [9.17, 15) is 14.4 Å². The number of hydrogen-bond acceptors (Lipinski definition) is 3. The normalized spacial score (nSPS) is 14.1. The molecule has 0 aromatic heterocycles. The van der Waals surface area contributed by atoms with Crippen molar-refractivity contribution in [3.8, 4) is 11.1 Å². The second-order valence-corrected chi connectivity index (χ2v) is 8.13. The highest BCUT2D eigenvalue weighted by atomic mass is 16.2. The molecule has 6 nitrogen and oxygen atoms in total. The summed E-state index contributed by atoms with van der Waals surface area (Å²) in [4.78, 5) is 38.3. The van der Waals surface area contributed by atoms with E-state index in [1.54, 1.807) is 29.2 Å². The van der Waals surface area contributed by atoms with Crippen LogP contribution in [0.25, 0.3) is 11.1 Å². The first-order chi connectivity index (χ1) is 15.6. The molecule has 0 spiro atoms. The van der Waals surface area contributed by atoms with Crippen LogP contribution in [0.2, 0.25) is 0 Å². The maximum absolute atomic E-state index is 12.4. The largest absolute Gasteiger partial charge is 0.343 e. The zero-order valence-electron chi connectivity index (χ0n) is 17.6. The van der Waals surface area contributed by atoms with Crippen molar-refractivity contribution in [1.29, 1.82) is 0 Å². The Labute approximate surface area is 186 Å². The van der Waals surface area contributed by atoms with Crippen LogP contribution in [0.15, 0.2) is 66.7 Å². The summed E-state index contributed by atoms with van der Waals surface area (Å²) in [6, 6.07) is 21.1. The molecule has 0 saturated carbocycles. The zero-order valence-corrected chi connectivity index (χ0v) is 17.6. The summed E-state index contributed by atoms with van der Waals surface area (Å²) in [6.45, 7) is 0.585. The first-order valence-corrected chi connectivity index (χ1v) is 10.8. The van der Waals surface area contributed by atoms with E-state index in [1.807, 2.05) is 30.3 Å². The Hall–Kier alpha value is -3.93. The fourth-order valence-corrected chi connectivity index (χ4v) is 4.40. The molecule has 1 heterocycles. The second-order valence-electron chi connectivity index (χ2n) is 8.13. The average molecular weight is 425 g/mol. The van der Waals surface area contributed by atoms with E-state index in [1.165, 1.54) is 22.3 Å². The first kappa shape index (κ1) is 20.0. The van der Waals surface area contributed by atoms with Crippen LogP contribution in [0, 0.1) is 0 Å². The van der Waals surface area contributed by atoms with Gasteiger partial charge in [0.2, 0.25) is 11.8 Å². The van der Waals surface area contributed by atoms with Gasteiger partial charge in [0.05, 0.1) is 6.54 Å². The molecule has 3 aromatic carbocycles. The van der Waals surface area contributed by atoms with Gasteiger partial charge in [0.15, 0.2) is 0 Å². The number of amides is 3. The van der Waals surface area contributed by atoms with Crippen LogP contribution >= 0.6 is 0 Å². The first-order valence-electron chi connectivity index (χ1n) is 10.8. The van der Waals surface area contributed by atoms with Crippen molar-refractivity contribution < 1.29 is 14.4 Å². The summed E-state index contributed by atoms with van der Waals surface area (Å²) in [5.41, 5.74) is 6.88. The highest BCUT2D eigenvalue weighted by molar-refractivity contribution is 6.00. The molecule has 2 aliphatic rings. The van der Waals surface area contributed by atoms with Gasteiger partial charge in [-0.1, -0.05) is 30.3 Å². The molecule has 1 aliphatic carbocycles. The quantitative estimate of drug-likeness (QED) is 0.511. The molecular weight excluding hydrogens is 402 g/mol. The summed E-state index contributed by atoms with van der Waals surface area (Å²) in [7, 11) is 0. The molecule has 5 rings (SSSR count). The number of hydrogen-bond donors (Lipinski definition) is 2. The molecule has 1 fully saturated rings. The van der Waals surface area contributed by atoms with Crippen molar-refractivity contribution in [2.75, 3.05) is 23.3 Å². The monoisotopic (exact) mass is 425 g/mol. The van der Waals surface area contributed by atoms with Crippen LogP contribution < -0.4 is 15.5 Å². The molecular formula is C26H23N3O3. The van der Waals surface area contributed by atoms with Crippen LogP contribution in [0.3, 0.4) is 0 Å². The van der Waals surface area contributed by atoms with Gasteiger partial charge in [-0.15, -0.1) is 0 Å². The van der Waals surface area contributed by atoms with Crippen molar-refractivity contribution in [2.24, 2.45) is 0 Å². The number of fused-ring (bicyclic) bond motifs is 3. The SMILES string of the molecule is O=C(CNC(=O)c1ccc(N2CCCC2=O)cc1)Nc1ccc2c(c1)Cc1ccccc1-2. The van der Waals surface area contributed by atoms with Gasteiger partial charge in [0, 0.05) is 29.9 Å². The van der Waals surface area contributed by atoms with Crippen molar-refractivity contribution in [3.63, 3.8) is 0 Å². The summed E-state index contributed by atoms with van der Waals surface area (Å²) in [5, 5.41) is 5.51. The van der Waals surface area contributed by atoms with Gasteiger partial charge in [-0.25, -0.2) is 0 Å². The average Bonchev–Trinajstić information content (AvgIpc) is 3.40. The molecule has 0 unspecified atom stereocenters. The topological polar surface area (TPSA) is 78.5 Å². The van der Waals surface area contributed by atoms with E-state index in [-0.39, 0.29) is 24.3 Å². The lowest BCUT2D eigenvalue weighted by molar-refractivity contribution is -0.117. The van der Waals surface area contributed by atoms with Crippen molar-refractivity contribution in [3.05, 3.63) is 83.4 Å². The van der Waals surface area contributed by atoms with Gasteiger partial charge >= 0.3 is 0 Å². The van der Waals surface area contributed by atoms with Crippen LogP contribution in [-0.4, -0.2) is 30.8 Å². The Kier molecular flexibility index (Phi) is 5.19. The maximum Gasteiger partial charge on any atom is 0.251 e. The number of carbonyl (C=O) groups excluding carboxylic acids is 3. The Balaban J connectivity index is 1.16. The van der Waals surface area contributed by atoms with Gasteiger partial charge in [0.25, 0.3) is 5.91 Å². The van der Waals surface area contributed by atoms with Crippen LogP contribution in [0.5, 0.6) is 0 Å². The predicted molar refractivity (Wildman–Crippen MR) is 124 cm³/mol. The Morgan fingerprint density at radius 2 is 1.69 bits per heavy atom. The molecule has 160 valence electrons. The number of nitrogens with one attached hydrogen (secondary N) is 2. The van der Waals surface area contributed by atoms with Crippen molar-refractivity contribution in [2.45, 2.75) is 19.3 Å². The fraction of sp³-hybridized carbons (Fsp3) is 0.192. The number of rotatable bonds is 5. The number of nitrogens with zero attached hydrogens (tertiary/aromatic N) is 1. The van der Waals surface area contributed by atoms with Crippen molar-refractivity contribution in [1.82, 2.24) is 5.32 Å². The second kappa shape index (κ2) is 8.30. The van der Waals surface area contributed by atoms with E-state index in [2.05, 4.69) is 22.8 Å². The van der Waals surface area contributed by atoms with Crippen LogP contribution in [-0.2, 0) is 16.0 Å². The molecule has 2 N–H and O–H groups in total. The van der Waals surface area contributed by atoms with Gasteiger partial charge in [-0.05, 0) is 71.5 Å².